The van der Waals surface area contributed by atoms with Crippen LogP contribution in [0, 0.1) is 0 Å². The molecule has 0 bridgehead atoms. The van der Waals surface area contributed by atoms with E-state index in [2.05, 4.69) is 20.9 Å². The standard InChI is InChI=1S/C18H17BrN4O4/c1-3-4-9-22-14-15(20-17(22)19)21(2)18(27)23(16(14)26)10-13(25)11-7-5-6-8-12(11)24/h3-8,24H,9-10H2,1-2H3/b4-3+. The van der Waals surface area contributed by atoms with Crippen LogP contribution in [-0.2, 0) is 20.1 Å². The largest absolute Gasteiger partial charge is 0.507 e. The van der Waals surface area contributed by atoms with Crippen LogP contribution in [-0.4, -0.2) is 29.6 Å². The Morgan fingerprint density at radius 2 is 1.96 bits per heavy atom. The molecule has 3 aromatic rings. The van der Waals surface area contributed by atoms with Crippen molar-refractivity contribution in [3.05, 3.63) is 67.6 Å². The maximum Gasteiger partial charge on any atom is 0.332 e. The smallest absolute Gasteiger partial charge is 0.332 e. The van der Waals surface area contributed by atoms with Crippen LogP contribution < -0.4 is 11.2 Å². The van der Waals surface area contributed by atoms with E-state index in [9.17, 15) is 19.5 Å². The highest BCUT2D eigenvalue weighted by molar-refractivity contribution is 9.10. The number of fused-ring (bicyclic) bond motifs is 1. The molecule has 9 heteroatoms. The maximum atomic E-state index is 13.0. The van der Waals surface area contributed by atoms with Crippen LogP contribution in [0.1, 0.15) is 17.3 Å². The van der Waals surface area contributed by atoms with E-state index in [1.807, 2.05) is 19.1 Å². The Kier molecular flexibility index (Phi) is 5.13. The van der Waals surface area contributed by atoms with Crippen LogP contribution in [0.2, 0.25) is 0 Å². The molecule has 0 atom stereocenters. The highest BCUT2D eigenvalue weighted by atomic mass is 79.9. The van der Waals surface area contributed by atoms with Gasteiger partial charge < -0.3 is 9.67 Å². The summed E-state index contributed by atoms with van der Waals surface area (Å²) in [7, 11) is 1.49. The quantitative estimate of drug-likeness (QED) is 0.376. The third-order valence-corrected chi connectivity index (χ3v) is 4.82. The first-order valence-electron chi connectivity index (χ1n) is 8.14. The Labute approximate surface area is 162 Å². The number of carbonyl (C=O) groups is 1. The second kappa shape index (κ2) is 7.36. The van der Waals surface area contributed by atoms with Gasteiger partial charge in [-0.1, -0.05) is 24.3 Å². The van der Waals surface area contributed by atoms with Gasteiger partial charge in [0, 0.05) is 13.6 Å². The number of hydrogen-bond donors (Lipinski definition) is 1. The van der Waals surface area contributed by atoms with Crippen molar-refractivity contribution in [3.8, 4) is 5.75 Å². The number of aromatic hydroxyl groups is 1. The average Bonchev–Trinajstić information content (AvgIpc) is 2.98. The Balaban J connectivity index is 2.19. The molecular weight excluding hydrogens is 416 g/mol. The molecule has 1 aromatic carbocycles. The van der Waals surface area contributed by atoms with Crippen molar-refractivity contribution in [1.29, 1.82) is 0 Å². The zero-order valence-electron chi connectivity index (χ0n) is 14.7. The molecule has 0 fully saturated rings. The fourth-order valence-corrected chi connectivity index (χ4v) is 3.29. The van der Waals surface area contributed by atoms with E-state index >= 15 is 0 Å². The summed E-state index contributed by atoms with van der Waals surface area (Å²) in [5.41, 5.74) is -0.769. The van der Waals surface area contributed by atoms with Crippen molar-refractivity contribution in [3.63, 3.8) is 0 Å². The average molecular weight is 433 g/mol. The molecule has 27 heavy (non-hydrogen) atoms. The minimum atomic E-state index is -0.653. The lowest BCUT2D eigenvalue weighted by Gasteiger charge is -2.09. The van der Waals surface area contributed by atoms with E-state index in [1.54, 1.807) is 16.7 Å². The number of hydrogen-bond acceptors (Lipinski definition) is 5. The number of rotatable bonds is 5. The number of phenols is 1. The Hall–Kier alpha value is -2.94. The molecule has 0 aliphatic rings. The van der Waals surface area contributed by atoms with E-state index < -0.39 is 23.6 Å². The molecule has 140 valence electrons. The summed E-state index contributed by atoms with van der Waals surface area (Å²) in [6, 6.07) is 6.00. The third-order valence-electron chi connectivity index (χ3n) is 4.22. The summed E-state index contributed by atoms with van der Waals surface area (Å²) in [5, 5.41) is 9.85. The summed E-state index contributed by atoms with van der Waals surface area (Å²) in [4.78, 5) is 42.4. The van der Waals surface area contributed by atoms with Crippen LogP contribution in [0.25, 0.3) is 11.2 Å². The molecule has 8 nitrogen and oxygen atoms in total. The number of nitrogens with zero attached hydrogens (tertiary/aromatic N) is 4. The number of phenolic OH excluding ortho intramolecular Hbond substituents is 1. The van der Waals surface area contributed by atoms with E-state index in [0.29, 0.717) is 11.3 Å². The fraction of sp³-hybridized carbons (Fsp3) is 0.222. The van der Waals surface area contributed by atoms with Crippen molar-refractivity contribution in [2.75, 3.05) is 0 Å². The first-order chi connectivity index (χ1) is 12.9. The van der Waals surface area contributed by atoms with Gasteiger partial charge in [-0.3, -0.25) is 18.7 Å². The van der Waals surface area contributed by atoms with Crippen LogP contribution >= 0.6 is 15.9 Å². The first kappa shape index (κ1) is 18.8. The molecule has 2 heterocycles. The molecule has 0 amide bonds. The molecule has 3 rings (SSSR count). The van der Waals surface area contributed by atoms with Crippen molar-refractivity contribution in [2.45, 2.75) is 20.0 Å². The van der Waals surface area contributed by atoms with Gasteiger partial charge in [-0.05, 0) is 35.0 Å². The van der Waals surface area contributed by atoms with Gasteiger partial charge in [-0.25, -0.2) is 9.78 Å². The zero-order chi connectivity index (χ0) is 19.7. The summed E-state index contributed by atoms with van der Waals surface area (Å²) in [6.07, 6.45) is 3.68. The number of halogens is 1. The summed E-state index contributed by atoms with van der Waals surface area (Å²) < 4.78 is 4.12. The number of benzene rings is 1. The van der Waals surface area contributed by atoms with E-state index in [-0.39, 0.29) is 22.5 Å². The van der Waals surface area contributed by atoms with Gasteiger partial charge in [0.25, 0.3) is 5.56 Å². The Morgan fingerprint density at radius 3 is 2.63 bits per heavy atom. The molecule has 0 saturated heterocycles. The summed E-state index contributed by atoms with van der Waals surface area (Å²) in [6.45, 7) is 1.76. The maximum absolute atomic E-state index is 13.0. The third kappa shape index (κ3) is 3.25. The monoisotopic (exact) mass is 432 g/mol. The second-order valence-corrected chi connectivity index (χ2v) is 6.62. The van der Waals surface area contributed by atoms with Crippen LogP contribution in [0.4, 0.5) is 0 Å². The predicted molar refractivity (Wildman–Crippen MR) is 104 cm³/mol. The number of allylic oxidation sites excluding steroid dienone is 2. The van der Waals surface area contributed by atoms with Crippen LogP contribution in [0.15, 0.2) is 50.7 Å². The minimum Gasteiger partial charge on any atom is -0.507 e. The van der Waals surface area contributed by atoms with Crippen molar-refractivity contribution < 1.29 is 9.90 Å². The number of imidazole rings is 1. The van der Waals surface area contributed by atoms with Gasteiger partial charge in [0.05, 0.1) is 12.1 Å². The molecule has 1 N–H and O–H groups in total. The lowest BCUT2D eigenvalue weighted by Crippen LogP contribution is -2.41. The molecule has 0 aliphatic heterocycles. The van der Waals surface area contributed by atoms with Gasteiger partial charge in [0.15, 0.2) is 21.7 Å². The highest BCUT2D eigenvalue weighted by Gasteiger charge is 2.21. The van der Waals surface area contributed by atoms with E-state index in [4.69, 9.17) is 0 Å². The number of aryl methyl sites for hydroxylation is 1. The zero-order valence-corrected chi connectivity index (χ0v) is 16.3. The van der Waals surface area contributed by atoms with Crippen molar-refractivity contribution >= 4 is 32.9 Å². The van der Waals surface area contributed by atoms with Gasteiger partial charge in [0.1, 0.15) is 5.75 Å². The number of para-hydroxylation sites is 1. The number of Topliss-reactive ketones (excluding diaryl/α,β-unsaturated/α-hetero) is 1. The molecular formula is C18H17BrN4O4. The minimum absolute atomic E-state index is 0.0511. The first-order valence-corrected chi connectivity index (χ1v) is 8.94. The van der Waals surface area contributed by atoms with Gasteiger partial charge in [-0.2, -0.15) is 0 Å². The summed E-state index contributed by atoms with van der Waals surface area (Å²) in [5.74, 6) is -0.737. The predicted octanol–water partition coefficient (Wildman–Crippen LogP) is 1.82. The van der Waals surface area contributed by atoms with E-state index in [0.717, 1.165) is 4.57 Å². The van der Waals surface area contributed by atoms with E-state index in [1.165, 1.54) is 23.7 Å². The number of carbonyl (C=O) groups excluding carboxylic acids is 1. The molecule has 0 saturated carbocycles. The summed E-state index contributed by atoms with van der Waals surface area (Å²) >= 11 is 3.31. The molecule has 2 aromatic heterocycles. The molecule has 0 radical (unpaired) electrons. The Morgan fingerprint density at radius 1 is 1.26 bits per heavy atom. The fourth-order valence-electron chi connectivity index (χ4n) is 2.80. The molecule has 0 unspecified atom stereocenters. The Bertz CT molecular complexity index is 1190. The lowest BCUT2D eigenvalue weighted by molar-refractivity contribution is 0.0966. The van der Waals surface area contributed by atoms with Gasteiger partial charge in [0.2, 0.25) is 0 Å². The molecule has 0 aliphatic carbocycles. The van der Waals surface area contributed by atoms with Gasteiger partial charge in [-0.15, -0.1) is 0 Å². The van der Waals surface area contributed by atoms with Crippen molar-refractivity contribution in [2.24, 2.45) is 7.05 Å². The second-order valence-electron chi connectivity index (χ2n) is 5.91. The highest BCUT2D eigenvalue weighted by Crippen LogP contribution is 2.18. The topological polar surface area (TPSA) is 99.1 Å². The van der Waals surface area contributed by atoms with Crippen molar-refractivity contribution in [1.82, 2.24) is 18.7 Å². The number of ketones is 1. The normalized spacial score (nSPS) is 11.5. The SMILES string of the molecule is C/C=C/Cn1c(Br)nc2c1c(=O)n(CC(=O)c1ccccc1O)c(=O)n2C. The lowest BCUT2D eigenvalue weighted by atomic mass is 10.1. The molecule has 0 spiro atoms. The van der Waals surface area contributed by atoms with Gasteiger partial charge >= 0.3 is 5.69 Å². The van der Waals surface area contributed by atoms with Crippen LogP contribution in [0.3, 0.4) is 0 Å². The number of aromatic nitrogens is 4. The van der Waals surface area contributed by atoms with Crippen LogP contribution in [0.5, 0.6) is 5.75 Å².